The van der Waals surface area contributed by atoms with Gasteiger partial charge in [-0.05, 0) is 37.0 Å². The van der Waals surface area contributed by atoms with Gasteiger partial charge in [0.05, 0.1) is 11.6 Å². The molecule has 1 aromatic carbocycles. The number of nitrogens with one attached hydrogen (secondary N) is 1. The minimum absolute atomic E-state index is 0.465. The Labute approximate surface area is 98.3 Å². The fourth-order valence-electron chi connectivity index (χ4n) is 1.79. The summed E-state index contributed by atoms with van der Waals surface area (Å²) in [4.78, 5) is 0. The number of rotatable bonds is 4. The zero-order valence-electron chi connectivity index (χ0n) is 10.5. The summed E-state index contributed by atoms with van der Waals surface area (Å²) in [6, 6.07) is 8.42. The van der Waals surface area contributed by atoms with Crippen molar-refractivity contribution < 1.29 is 0 Å². The molecule has 0 saturated carbocycles. The van der Waals surface area contributed by atoms with E-state index in [1.54, 1.807) is 0 Å². The highest BCUT2D eigenvalue weighted by molar-refractivity contribution is 5.55. The Morgan fingerprint density at radius 2 is 2.06 bits per heavy atom. The molecule has 0 aromatic heterocycles. The first-order chi connectivity index (χ1) is 7.58. The lowest BCUT2D eigenvalue weighted by Gasteiger charge is -2.23. The maximum absolute atomic E-state index is 8.88. The number of nitrogens with zero attached hydrogens (tertiary/aromatic N) is 1. The molecule has 0 spiro atoms. The third-order valence-electron chi connectivity index (χ3n) is 2.95. The Kier molecular flexibility index (Phi) is 4.37. The summed E-state index contributed by atoms with van der Waals surface area (Å²) >= 11 is 0. The van der Waals surface area contributed by atoms with Crippen LogP contribution in [0.5, 0.6) is 0 Å². The Morgan fingerprint density at radius 1 is 1.38 bits per heavy atom. The van der Waals surface area contributed by atoms with Crippen molar-refractivity contribution in [3.05, 3.63) is 29.3 Å². The third kappa shape index (κ3) is 3.00. The molecule has 1 atom stereocenters. The van der Waals surface area contributed by atoms with Gasteiger partial charge < -0.3 is 5.32 Å². The second kappa shape index (κ2) is 5.55. The van der Waals surface area contributed by atoms with Crippen LogP contribution in [0.2, 0.25) is 0 Å². The molecule has 1 unspecified atom stereocenters. The zero-order chi connectivity index (χ0) is 12.1. The maximum atomic E-state index is 8.88. The SMILES string of the molecule is CCC(Nc1cc(C#N)ccc1C)C(C)C. The predicted octanol–water partition coefficient (Wildman–Crippen LogP) is 3.71. The molecule has 0 amide bonds. The first-order valence-corrected chi connectivity index (χ1v) is 5.85. The van der Waals surface area contributed by atoms with Crippen LogP contribution < -0.4 is 5.32 Å². The highest BCUT2D eigenvalue weighted by Gasteiger charge is 2.11. The summed E-state index contributed by atoms with van der Waals surface area (Å²) < 4.78 is 0. The molecule has 0 aliphatic heterocycles. The second-order valence-corrected chi connectivity index (χ2v) is 4.54. The fraction of sp³-hybridized carbons (Fsp3) is 0.500. The average molecular weight is 216 g/mol. The summed E-state index contributed by atoms with van der Waals surface area (Å²) in [7, 11) is 0. The van der Waals surface area contributed by atoms with Crippen molar-refractivity contribution in [2.75, 3.05) is 5.32 Å². The number of aryl methyl sites for hydroxylation is 1. The van der Waals surface area contributed by atoms with Crippen molar-refractivity contribution in [2.45, 2.75) is 40.2 Å². The van der Waals surface area contributed by atoms with Crippen molar-refractivity contribution in [2.24, 2.45) is 5.92 Å². The highest BCUT2D eigenvalue weighted by atomic mass is 14.9. The smallest absolute Gasteiger partial charge is 0.0992 e. The van der Waals surface area contributed by atoms with E-state index in [1.807, 2.05) is 18.2 Å². The molecular weight excluding hydrogens is 196 g/mol. The van der Waals surface area contributed by atoms with E-state index in [0.29, 0.717) is 17.5 Å². The number of hydrogen-bond acceptors (Lipinski definition) is 2. The van der Waals surface area contributed by atoms with Gasteiger partial charge in [0.15, 0.2) is 0 Å². The van der Waals surface area contributed by atoms with E-state index in [0.717, 1.165) is 12.1 Å². The number of anilines is 1. The van der Waals surface area contributed by atoms with Gasteiger partial charge in [0.2, 0.25) is 0 Å². The van der Waals surface area contributed by atoms with Crippen molar-refractivity contribution in [3.8, 4) is 6.07 Å². The molecule has 1 N–H and O–H groups in total. The van der Waals surface area contributed by atoms with Gasteiger partial charge in [-0.1, -0.05) is 26.8 Å². The van der Waals surface area contributed by atoms with Crippen LogP contribution in [0, 0.1) is 24.2 Å². The van der Waals surface area contributed by atoms with Gasteiger partial charge in [-0.25, -0.2) is 0 Å². The summed E-state index contributed by atoms with van der Waals surface area (Å²) in [5, 5.41) is 12.4. The Balaban J connectivity index is 2.91. The standard InChI is InChI=1S/C14H20N2/c1-5-13(10(2)3)16-14-8-12(9-15)7-6-11(14)4/h6-8,10,13,16H,5H2,1-4H3. The Morgan fingerprint density at radius 3 is 2.56 bits per heavy atom. The quantitative estimate of drug-likeness (QED) is 0.832. The van der Waals surface area contributed by atoms with Crippen LogP contribution in [0.15, 0.2) is 18.2 Å². The van der Waals surface area contributed by atoms with Crippen molar-refractivity contribution >= 4 is 5.69 Å². The molecule has 1 rings (SSSR count). The van der Waals surface area contributed by atoms with E-state index >= 15 is 0 Å². The average Bonchev–Trinajstić information content (AvgIpc) is 2.27. The van der Waals surface area contributed by atoms with Gasteiger partial charge in [0.25, 0.3) is 0 Å². The van der Waals surface area contributed by atoms with E-state index in [9.17, 15) is 0 Å². The van der Waals surface area contributed by atoms with Crippen molar-refractivity contribution in [1.82, 2.24) is 0 Å². The van der Waals surface area contributed by atoms with Crippen LogP contribution in [0.4, 0.5) is 5.69 Å². The van der Waals surface area contributed by atoms with Crippen molar-refractivity contribution in [1.29, 1.82) is 5.26 Å². The van der Waals surface area contributed by atoms with E-state index < -0.39 is 0 Å². The molecule has 0 fully saturated rings. The summed E-state index contributed by atoms with van der Waals surface area (Å²) in [6.07, 6.45) is 1.09. The number of hydrogen-bond donors (Lipinski definition) is 1. The minimum Gasteiger partial charge on any atom is -0.382 e. The van der Waals surface area contributed by atoms with Crippen LogP contribution in [0.1, 0.15) is 38.3 Å². The molecule has 1 aromatic rings. The second-order valence-electron chi connectivity index (χ2n) is 4.54. The summed E-state index contributed by atoms with van der Waals surface area (Å²) in [6.45, 7) is 8.67. The predicted molar refractivity (Wildman–Crippen MR) is 68.4 cm³/mol. The van der Waals surface area contributed by atoms with E-state index in [2.05, 4.69) is 39.1 Å². The monoisotopic (exact) mass is 216 g/mol. The molecule has 0 aliphatic carbocycles. The van der Waals surface area contributed by atoms with Gasteiger partial charge in [-0.2, -0.15) is 5.26 Å². The molecule has 2 heteroatoms. The lowest BCUT2D eigenvalue weighted by atomic mass is 10.0. The minimum atomic E-state index is 0.465. The van der Waals surface area contributed by atoms with Gasteiger partial charge in [0, 0.05) is 11.7 Å². The van der Waals surface area contributed by atoms with E-state index in [1.165, 1.54) is 5.56 Å². The zero-order valence-corrected chi connectivity index (χ0v) is 10.5. The molecule has 0 saturated heterocycles. The third-order valence-corrected chi connectivity index (χ3v) is 2.95. The van der Waals surface area contributed by atoms with E-state index in [-0.39, 0.29) is 0 Å². The van der Waals surface area contributed by atoms with Gasteiger partial charge in [-0.3, -0.25) is 0 Å². The number of benzene rings is 1. The topological polar surface area (TPSA) is 35.8 Å². The molecule has 86 valence electrons. The van der Waals surface area contributed by atoms with Crippen molar-refractivity contribution in [3.63, 3.8) is 0 Å². The highest BCUT2D eigenvalue weighted by Crippen LogP contribution is 2.20. The van der Waals surface area contributed by atoms with Crippen LogP contribution >= 0.6 is 0 Å². The van der Waals surface area contributed by atoms with Gasteiger partial charge >= 0.3 is 0 Å². The lowest BCUT2D eigenvalue weighted by Crippen LogP contribution is -2.25. The van der Waals surface area contributed by atoms with Crippen LogP contribution in [-0.2, 0) is 0 Å². The van der Waals surface area contributed by atoms with E-state index in [4.69, 9.17) is 5.26 Å². The van der Waals surface area contributed by atoms with Crippen LogP contribution in [0.25, 0.3) is 0 Å². The molecule has 0 radical (unpaired) electrons. The molecule has 0 heterocycles. The molecule has 16 heavy (non-hydrogen) atoms. The van der Waals surface area contributed by atoms with Gasteiger partial charge in [0.1, 0.15) is 0 Å². The fourth-order valence-corrected chi connectivity index (χ4v) is 1.79. The lowest BCUT2D eigenvalue weighted by molar-refractivity contribution is 0.511. The van der Waals surface area contributed by atoms with Crippen LogP contribution in [-0.4, -0.2) is 6.04 Å². The largest absolute Gasteiger partial charge is 0.382 e. The Bertz CT molecular complexity index is 388. The van der Waals surface area contributed by atoms with Crippen LogP contribution in [0.3, 0.4) is 0 Å². The maximum Gasteiger partial charge on any atom is 0.0992 e. The Hall–Kier alpha value is -1.49. The first-order valence-electron chi connectivity index (χ1n) is 5.85. The first kappa shape index (κ1) is 12.6. The molecule has 0 bridgehead atoms. The normalized spacial score (nSPS) is 12.2. The number of nitriles is 1. The summed E-state index contributed by atoms with van der Waals surface area (Å²) in [5.74, 6) is 0.593. The molecule has 0 aliphatic rings. The summed E-state index contributed by atoms with van der Waals surface area (Å²) in [5.41, 5.74) is 2.99. The molecular formula is C14H20N2. The molecule has 2 nitrogen and oxygen atoms in total. The van der Waals surface area contributed by atoms with Gasteiger partial charge in [-0.15, -0.1) is 0 Å².